The molecule has 0 radical (unpaired) electrons. The number of aromatic nitrogens is 1. The molecule has 0 aliphatic carbocycles. The second-order valence-corrected chi connectivity index (χ2v) is 5.05. The zero-order valence-electron chi connectivity index (χ0n) is 11.7. The molecule has 0 aliphatic heterocycles. The van der Waals surface area contributed by atoms with Gasteiger partial charge in [0.1, 0.15) is 5.82 Å². The highest BCUT2D eigenvalue weighted by Crippen LogP contribution is 2.11. The van der Waals surface area contributed by atoms with Gasteiger partial charge in [0.2, 0.25) is 0 Å². The van der Waals surface area contributed by atoms with Crippen molar-refractivity contribution in [3.8, 4) is 0 Å². The average Bonchev–Trinajstić information content (AvgIpc) is 2.36. The van der Waals surface area contributed by atoms with Gasteiger partial charge in [-0.1, -0.05) is 13.8 Å². The summed E-state index contributed by atoms with van der Waals surface area (Å²) in [5.41, 5.74) is 0.460. The summed E-state index contributed by atoms with van der Waals surface area (Å²) in [6.45, 7) is 9.04. The summed E-state index contributed by atoms with van der Waals surface area (Å²) < 4.78 is 0. The summed E-state index contributed by atoms with van der Waals surface area (Å²) in [6, 6.07) is 3.52. The molecule has 4 nitrogen and oxygen atoms in total. The van der Waals surface area contributed by atoms with Crippen LogP contribution < -0.4 is 10.6 Å². The molecular formula is C14H23N3O. The van der Waals surface area contributed by atoms with Gasteiger partial charge < -0.3 is 10.6 Å². The minimum Gasteiger partial charge on any atom is -0.370 e. The van der Waals surface area contributed by atoms with Crippen LogP contribution in [0.5, 0.6) is 0 Å². The van der Waals surface area contributed by atoms with Crippen LogP contribution in [0.3, 0.4) is 0 Å². The summed E-state index contributed by atoms with van der Waals surface area (Å²) in [5, 5.41) is 6.19. The van der Waals surface area contributed by atoms with Gasteiger partial charge in [0.15, 0.2) is 0 Å². The molecule has 1 amide bonds. The third-order valence-corrected chi connectivity index (χ3v) is 2.91. The van der Waals surface area contributed by atoms with E-state index < -0.39 is 0 Å². The van der Waals surface area contributed by atoms with Gasteiger partial charge in [-0.25, -0.2) is 4.98 Å². The Hall–Kier alpha value is -1.58. The van der Waals surface area contributed by atoms with Crippen LogP contribution in [-0.2, 0) is 0 Å². The zero-order chi connectivity index (χ0) is 13.6. The van der Waals surface area contributed by atoms with Crippen LogP contribution >= 0.6 is 0 Å². The number of anilines is 1. The molecule has 0 fully saturated rings. The zero-order valence-corrected chi connectivity index (χ0v) is 11.7. The van der Waals surface area contributed by atoms with E-state index in [-0.39, 0.29) is 11.4 Å². The molecule has 1 aromatic rings. The van der Waals surface area contributed by atoms with Crippen LogP contribution in [0.1, 0.15) is 50.9 Å². The molecule has 18 heavy (non-hydrogen) atoms. The Morgan fingerprint density at radius 2 is 2.11 bits per heavy atom. The van der Waals surface area contributed by atoms with E-state index in [1.807, 2.05) is 13.8 Å². The van der Waals surface area contributed by atoms with Gasteiger partial charge in [0, 0.05) is 23.8 Å². The van der Waals surface area contributed by atoms with Crippen molar-refractivity contribution >= 4 is 11.7 Å². The maximum absolute atomic E-state index is 12.1. The number of carbonyl (C=O) groups is 1. The van der Waals surface area contributed by atoms with Crippen molar-refractivity contribution < 1.29 is 4.79 Å². The second kappa shape index (κ2) is 6.38. The molecule has 1 heterocycles. The van der Waals surface area contributed by atoms with Gasteiger partial charge in [-0.05, 0) is 38.8 Å². The van der Waals surface area contributed by atoms with E-state index in [9.17, 15) is 4.79 Å². The number of hydrogen-bond acceptors (Lipinski definition) is 3. The summed E-state index contributed by atoms with van der Waals surface area (Å²) in [6.07, 6.45) is 3.58. The Kier molecular flexibility index (Phi) is 5.13. The molecule has 0 aromatic carbocycles. The molecule has 100 valence electrons. The smallest absolute Gasteiger partial charge is 0.251 e. The standard InChI is InChI=1S/C14H23N3O/c1-5-8-15-12-10-11(7-9-16-12)13(18)17-14(3,4)6-2/h7,9-10H,5-6,8H2,1-4H3,(H,15,16)(H,17,18). The van der Waals surface area contributed by atoms with E-state index in [2.05, 4.69) is 29.5 Å². The molecule has 0 saturated heterocycles. The van der Waals surface area contributed by atoms with Crippen LogP contribution in [0.2, 0.25) is 0 Å². The Labute approximate surface area is 109 Å². The molecule has 0 atom stereocenters. The van der Waals surface area contributed by atoms with Crippen molar-refractivity contribution in [3.63, 3.8) is 0 Å². The second-order valence-electron chi connectivity index (χ2n) is 5.05. The first-order valence-corrected chi connectivity index (χ1v) is 6.51. The molecule has 0 bridgehead atoms. The van der Waals surface area contributed by atoms with Crippen molar-refractivity contribution in [2.24, 2.45) is 0 Å². The van der Waals surface area contributed by atoms with Gasteiger partial charge in [-0.2, -0.15) is 0 Å². The molecular weight excluding hydrogens is 226 g/mol. The highest BCUT2D eigenvalue weighted by molar-refractivity contribution is 5.95. The van der Waals surface area contributed by atoms with Crippen molar-refractivity contribution in [1.82, 2.24) is 10.3 Å². The Morgan fingerprint density at radius 1 is 1.39 bits per heavy atom. The summed E-state index contributed by atoms with van der Waals surface area (Å²) >= 11 is 0. The quantitative estimate of drug-likeness (QED) is 0.815. The van der Waals surface area contributed by atoms with Crippen LogP contribution in [0.15, 0.2) is 18.3 Å². The molecule has 0 aliphatic rings. The predicted octanol–water partition coefficient (Wildman–Crippen LogP) is 2.82. The fourth-order valence-electron chi connectivity index (χ4n) is 1.39. The van der Waals surface area contributed by atoms with E-state index in [4.69, 9.17) is 0 Å². The Bertz CT molecular complexity index is 402. The number of hydrogen-bond donors (Lipinski definition) is 2. The minimum absolute atomic E-state index is 0.0520. The van der Waals surface area contributed by atoms with Crippen molar-refractivity contribution in [1.29, 1.82) is 0 Å². The fourth-order valence-corrected chi connectivity index (χ4v) is 1.39. The van der Waals surface area contributed by atoms with Gasteiger partial charge in [-0.3, -0.25) is 4.79 Å². The molecule has 0 spiro atoms. The molecule has 2 N–H and O–H groups in total. The largest absolute Gasteiger partial charge is 0.370 e. The van der Waals surface area contributed by atoms with E-state index >= 15 is 0 Å². The van der Waals surface area contributed by atoms with Crippen molar-refractivity contribution in [3.05, 3.63) is 23.9 Å². The van der Waals surface area contributed by atoms with Crippen LogP contribution in [0.4, 0.5) is 5.82 Å². The first-order chi connectivity index (χ1) is 8.48. The number of carbonyl (C=O) groups excluding carboxylic acids is 1. The van der Waals surface area contributed by atoms with Crippen molar-refractivity contribution in [2.75, 3.05) is 11.9 Å². The van der Waals surface area contributed by atoms with Crippen molar-refractivity contribution in [2.45, 2.75) is 46.1 Å². The molecule has 0 saturated carbocycles. The fraction of sp³-hybridized carbons (Fsp3) is 0.571. The van der Waals surface area contributed by atoms with E-state index in [1.165, 1.54) is 0 Å². The van der Waals surface area contributed by atoms with Crippen LogP contribution in [0.25, 0.3) is 0 Å². The average molecular weight is 249 g/mol. The number of nitrogens with one attached hydrogen (secondary N) is 2. The van der Waals surface area contributed by atoms with E-state index in [0.717, 1.165) is 25.2 Å². The SMILES string of the molecule is CCCNc1cc(C(=O)NC(C)(C)CC)ccn1. The normalized spacial score (nSPS) is 11.1. The summed E-state index contributed by atoms with van der Waals surface area (Å²) in [5.74, 6) is 0.697. The maximum atomic E-state index is 12.1. The first-order valence-electron chi connectivity index (χ1n) is 6.51. The van der Waals surface area contributed by atoms with E-state index in [1.54, 1.807) is 18.3 Å². The lowest BCUT2D eigenvalue weighted by molar-refractivity contribution is 0.0911. The highest BCUT2D eigenvalue weighted by Gasteiger charge is 2.18. The molecule has 1 aromatic heterocycles. The topological polar surface area (TPSA) is 54.0 Å². The van der Waals surface area contributed by atoms with Gasteiger partial charge >= 0.3 is 0 Å². The number of pyridine rings is 1. The maximum Gasteiger partial charge on any atom is 0.251 e. The third-order valence-electron chi connectivity index (χ3n) is 2.91. The van der Waals surface area contributed by atoms with Crippen LogP contribution in [-0.4, -0.2) is 23.0 Å². The lowest BCUT2D eigenvalue weighted by atomic mass is 10.0. The van der Waals surface area contributed by atoms with Gasteiger partial charge in [0.25, 0.3) is 5.91 Å². The van der Waals surface area contributed by atoms with Crippen LogP contribution in [0, 0.1) is 0 Å². The number of amides is 1. The molecule has 4 heteroatoms. The molecule has 1 rings (SSSR count). The van der Waals surface area contributed by atoms with Gasteiger partial charge in [0.05, 0.1) is 0 Å². The monoisotopic (exact) mass is 249 g/mol. The summed E-state index contributed by atoms with van der Waals surface area (Å²) in [4.78, 5) is 16.3. The third kappa shape index (κ3) is 4.35. The Morgan fingerprint density at radius 3 is 2.72 bits per heavy atom. The lowest BCUT2D eigenvalue weighted by Gasteiger charge is -2.24. The number of nitrogens with zero attached hydrogens (tertiary/aromatic N) is 1. The summed E-state index contributed by atoms with van der Waals surface area (Å²) in [7, 11) is 0. The van der Waals surface area contributed by atoms with Gasteiger partial charge in [-0.15, -0.1) is 0 Å². The number of rotatable bonds is 6. The first kappa shape index (κ1) is 14.5. The molecule has 0 unspecified atom stereocenters. The Balaban J connectivity index is 2.74. The van der Waals surface area contributed by atoms with E-state index in [0.29, 0.717) is 5.56 Å². The minimum atomic E-state index is -0.183. The lowest BCUT2D eigenvalue weighted by Crippen LogP contribution is -2.42. The predicted molar refractivity (Wildman–Crippen MR) is 74.9 cm³/mol. The highest BCUT2D eigenvalue weighted by atomic mass is 16.1.